The van der Waals surface area contributed by atoms with E-state index in [0.717, 1.165) is 28.3 Å². The molecule has 40 heavy (non-hydrogen) atoms. The lowest BCUT2D eigenvalue weighted by Gasteiger charge is -2.57. The van der Waals surface area contributed by atoms with E-state index in [9.17, 15) is 22.4 Å². The molecular weight excluding hydrogens is 529 g/mol. The van der Waals surface area contributed by atoms with Gasteiger partial charge >= 0.3 is 0 Å². The third-order valence-electron chi connectivity index (χ3n) is 9.27. The van der Waals surface area contributed by atoms with E-state index in [2.05, 4.69) is 17.4 Å². The van der Waals surface area contributed by atoms with Crippen molar-refractivity contribution in [1.29, 1.82) is 0 Å². The van der Waals surface area contributed by atoms with Gasteiger partial charge in [0.05, 0.1) is 11.9 Å². The minimum absolute atomic E-state index is 0.0416. The molecule has 0 spiro atoms. The number of halogens is 1. The second-order valence-corrected chi connectivity index (χ2v) is 14.1. The number of likely N-dealkylation sites (N-methyl/N-ethyl adjacent to an activating group) is 1. The number of hydrogen-bond acceptors (Lipinski definition) is 4. The topological polar surface area (TPSA) is 86.8 Å². The number of rotatable bonds is 10. The van der Waals surface area contributed by atoms with Gasteiger partial charge in [0.15, 0.2) is 0 Å². The van der Waals surface area contributed by atoms with Crippen LogP contribution < -0.4 is 9.62 Å². The van der Waals surface area contributed by atoms with Crippen LogP contribution in [0.1, 0.15) is 63.5 Å². The van der Waals surface area contributed by atoms with Gasteiger partial charge in [-0.2, -0.15) is 0 Å². The molecule has 2 amide bonds. The summed E-state index contributed by atoms with van der Waals surface area (Å²) in [4.78, 5) is 27.7. The first-order chi connectivity index (χ1) is 19.0. The number of hydrogen-bond donors (Lipinski definition) is 1. The van der Waals surface area contributed by atoms with Crippen LogP contribution >= 0.6 is 0 Å². The Morgan fingerprint density at radius 1 is 0.975 bits per heavy atom. The highest BCUT2D eigenvalue weighted by Crippen LogP contribution is 2.60. The van der Waals surface area contributed by atoms with Gasteiger partial charge in [-0.15, -0.1) is 0 Å². The summed E-state index contributed by atoms with van der Waals surface area (Å²) in [5, 5.41) is 2.73. The summed E-state index contributed by atoms with van der Waals surface area (Å²) in [6.45, 7) is 3.39. The molecule has 2 aromatic carbocycles. The van der Waals surface area contributed by atoms with Gasteiger partial charge in [-0.3, -0.25) is 13.9 Å². The largest absolute Gasteiger partial charge is 0.355 e. The summed E-state index contributed by atoms with van der Waals surface area (Å²) < 4.78 is 40.5. The Balaban J connectivity index is 1.38. The molecule has 0 aromatic heterocycles. The Morgan fingerprint density at radius 3 is 2.02 bits per heavy atom. The maximum Gasteiger partial charge on any atom is 0.244 e. The third-order valence-corrected chi connectivity index (χ3v) is 10.4. The predicted molar refractivity (Wildman–Crippen MR) is 154 cm³/mol. The average Bonchev–Trinajstić information content (AvgIpc) is 2.90. The maximum absolute atomic E-state index is 13.7. The second kappa shape index (κ2) is 11.1. The van der Waals surface area contributed by atoms with Crippen LogP contribution in [0.15, 0.2) is 48.5 Å². The number of carbonyl (C=O) groups is 2. The Labute approximate surface area is 237 Å². The Hall–Kier alpha value is -2.94. The van der Waals surface area contributed by atoms with Crippen molar-refractivity contribution in [3.63, 3.8) is 0 Å². The molecule has 1 atom stereocenters. The highest BCUT2D eigenvalue weighted by atomic mass is 32.2. The van der Waals surface area contributed by atoms with E-state index in [1.54, 1.807) is 26.0 Å². The molecule has 4 aliphatic rings. The van der Waals surface area contributed by atoms with Crippen LogP contribution in [0.25, 0.3) is 0 Å². The van der Waals surface area contributed by atoms with Crippen molar-refractivity contribution in [3.8, 4) is 0 Å². The number of nitrogens with one attached hydrogen (secondary N) is 1. The smallest absolute Gasteiger partial charge is 0.244 e. The normalized spacial score (nSPS) is 25.9. The van der Waals surface area contributed by atoms with Crippen LogP contribution in [0.2, 0.25) is 0 Å². The van der Waals surface area contributed by atoms with E-state index in [0.29, 0.717) is 17.8 Å². The zero-order valence-electron chi connectivity index (χ0n) is 23.6. The molecule has 216 valence electrons. The third kappa shape index (κ3) is 5.90. The van der Waals surface area contributed by atoms with Gasteiger partial charge in [0.2, 0.25) is 21.8 Å². The van der Waals surface area contributed by atoms with Crippen molar-refractivity contribution >= 4 is 27.5 Å². The number of benzene rings is 2. The molecule has 0 heterocycles. The van der Waals surface area contributed by atoms with Crippen molar-refractivity contribution in [3.05, 3.63) is 65.5 Å². The first-order valence-corrected chi connectivity index (χ1v) is 16.2. The van der Waals surface area contributed by atoms with Crippen LogP contribution in [-0.4, -0.2) is 50.5 Å². The van der Waals surface area contributed by atoms with Gasteiger partial charge in [0, 0.05) is 13.1 Å². The van der Waals surface area contributed by atoms with Gasteiger partial charge in [-0.1, -0.05) is 24.3 Å². The number of amides is 2. The second-order valence-electron chi connectivity index (χ2n) is 12.2. The van der Waals surface area contributed by atoms with E-state index in [-0.39, 0.29) is 17.9 Å². The number of sulfonamides is 1. The summed E-state index contributed by atoms with van der Waals surface area (Å²) in [6, 6.07) is 12.6. The van der Waals surface area contributed by atoms with Gasteiger partial charge in [-0.05, 0) is 111 Å². The number of carbonyl (C=O) groups excluding carboxylic acids is 2. The number of nitrogens with zero attached hydrogens (tertiary/aromatic N) is 2. The summed E-state index contributed by atoms with van der Waals surface area (Å²) in [5.41, 5.74) is 2.53. The molecule has 4 bridgehead atoms. The molecule has 6 rings (SSSR count). The standard InChI is InChI=1S/C31H40FN3O4S/c1-4-33-30(37)21(2)34(19-22-5-9-27(32)10-6-22)29(36)20-35(40(3,38)39)28-11-7-26(8-12-28)31-16-23-13-24(17-31)15-25(14-23)18-31/h5-12,21,23-25H,4,13-20H2,1-3H3,(H,33,37)/t21-,23?,24?,25?,31?/m1/s1. The van der Waals surface area contributed by atoms with Crippen molar-refractivity contribution in [2.24, 2.45) is 17.8 Å². The monoisotopic (exact) mass is 569 g/mol. The fourth-order valence-electron chi connectivity index (χ4n) is 7.75. The van der Waals surface area contributed by atoms with E-state index in [4.69, 9.17) is 0 Å². The lowest BCUT2D eigenvalue weighted by Crippen LogP contribution is -2.51. The molecule has 1 N–H and O–H groups in total. The molecule has 4 fully saturated rings. The SMILES string of the molecule is CCNC(=O)[C@@H](C)N(Cc1ccc(F)cc1)C(=O)CN(c1ccc(C23CC4CC(CC(C4)C2)C3)cc1)S(C)(=O)=O. The molecule has 2 aromatic rings. The molecule has 0 radical (unpaired) electrons. The molecule has 0 unspecified atom stereocenters. The summed E-state index contributed by atoms with van der Waals surface area (Å²) in [7, 11) is -3.80. The van der Waals surface area contributed by atoms with E-state index >= 15 is 0 Å². The molecule has 4 saturated carbocycles. The number of anilines is 1. The fourth-order valence-corrected chi connectivity index (χ4v) is 8.60. The quantitative estimate of drug-likeness (QED) is 0.453. The first kappa shape index (κ1) is 28.6. The Bertz CT molecular complexity index is 1310. The molecule has 0 aliphatic heterocycles. The van der Waals surface area contributed by atoms with Crippen LogP contribution in [0.5, 0.6) is 0 Å². The van der Waals surface area contributed by atoms with Crippen molar-refractivity contribution in [2.75, 3.05) is 23.7 Å². The maximum atomic E-state index is 13.7. The van der Waals surface area contributed by atoms with E-state index in [1.807, 2.05) is 12.1 Å². The van der Waals surface area contributed by atoms with E-state index < -0.39 is 34.3 Å². The Morgan fingerprint density at radius 2 is 1.52 bits per heavy atom. The molecular formula is C31H40FN3O4S. The molecule has 4 aliphatic carbocycles. The van der Waals surface area contributed by atoms with E-state index in [1.165, 1.54) is 61.1 Å². The van der Waals surface area contributed by atoms with Crippen LogP contribution in [0.4, 0.5) is 10.1 Å². The molecule has 9 heteroatoms. The van der Waals surface area contributed by atoms with Crippen LogP contribution in [0.3, 0.4) is 0 Å². The van der Waals surface area contributed by atoms with Gasteiger partial charge in [-0.25, -0.2) is 12.8 Å². The molecule has 7 nitrogen and oxygen atoms in total. The van der Waals surface area contributed by atoms with Crippen LogP contribution in [0, 0.1) is 23.6 Å². The first-order valence-electron chi connectivity index (χ1n) is 14.4. The minimum Gasteiger partial charge on any atom is -0.355 e. The average molecular weight is 570 g/mol. The van der Waals surface area contributed by atoms with Crippen molar-refractivity contribution in [2.45, 2.75) is 70.4 Å². The van der Waals surface area contributed by atoms with Gasteiger partial charge < -0.3 is 10.2 Å². The minimum atomic E-state index is -3.80. The van der Waals surface area contributed by atoms with Crippen LogP contribution in [-0.2, 0) is 31.6 Å². The van der Waals surface area contributed by atoms with Crippen molar-refractivity contribution < 1.29 is 22.4 Å². The zero-order valence-corrected chi connectivity index (χ0v) is 24.4. The summed E-state index contributed by atoms with van der Waals surface area (Å²) >= 11 is 0. The lowest BCUT2D eigenvalue weighted by molar-refractivity contribution is -0.139. The van der Waals surface area contributed by atoms with Crippen molar-refractivity contribution in [1.82, 2.24) is 10.2 Å². The molecule has 0 saturated heterocycles. The van der Waals surface area contributed by atoms with Gasteiger partial charge in [0.1, 0.15) is 18.4 Å². The summed E-state index contributed by atoms with van der Waals surface area (Å²) in [6.07, 6.45) is 8.78. The summed E-state index contributed by atoms with van der Waals surface area (Å²) in [5.74, 6) is 1.14. The fraction of sp³-hybridized carbons (Fsp3) is 0.548. The zero-order chi connectivity index (χ0) is 28.7. The highest BCUT2D eigenvalue weighted by Gasteiger charge is 2.51. The van der Waals surface area contributed by atoms with Gasteiger partial charge in [0.25, 0.3) is 0 Å². The highest BCUT2D eigenvalue weighted by molar-refractivity contribution is 7.92. The predicted octanol–water partition coefficient (Wildman–Crippen LogP) is 4.61. The lowest BCUT2D eigenvalue weighted by atomic mass is 9.48. The Kier molecular flexibility index (Phi) is 7.97.